The zero-order valence-corrected chi connectivity index (χ0v) is 13.1. The molecule has 0 bridgehead atoms. The second kappa shape index (κ2) is 6.16. The number of carbonyl (C=O) groups is 1. The van der Waals surface area contributed by atoms with E-state index in [9.17, 15) is 4.79 Å². The van der Waals surface area contributed by atoms with Crippen LogP contribution in [0.4, 0.5) is 4.39 Å². The average molecular weight is 317 g/mol. The number of piperidine rings is 1. The lowest BCUT2D eigenvalue weighted by atomic mass is 9.87. The van der Waals surface area contributed by atoms with Crippen LogP contribution in [0, 0.1) is 6.92 Å². The Morgan fingerprint density at radius 2 is 2.13 bits per heavy atom. The first-order chi connectivity index (χ1) is 11.0. The SMILES string of the molecule is Cc1oc(C(=O)O)cc1CN1CCCC(F)(c2ccccc2)C1. The van der Waals surface area contributed by atoms with Gasteiger partial charge in [-0.2, -0.15) is 0 Å². The maximum Gasteiger partial charge on any atom is 0.371 e. The van der Waals surface area contributed by atoms with E-state index in [-0.39, 0.29) is 5.76 Å². The minimum Gasteiger partial charge on any atom is -0.475 e. The number of rotatable bonds is 4. The summed E-state index contributed by atoms with van der Waals surface area (Å²) in [5, 5.41) is 8.99. The van der Waals surface area contributed by atoms with Crippen LogP contribution >= 0.6 is 0 Å². The molecular weight excluding hydrogens is 297 g/mol. The topological polar surface area (TPSA) is 53.7 Å². The van der Waals surface area contributed by atoms with Gasteiger partial charge in [-0.1, -0.05) is 30.3 Å². The maximum atomic E-state index is 15.3. The van der Waals surface area contributed by atoms with Gasteiger partial charge in [0.15, 0.2) is 0 Å². The van der Waals surface area contributed by atoms with E-state index in [0.717, 1.165) is 18.5 Å². The summed E-state index contributed by atoms with van der Waals surface area (Å²) in [5.74, 6) is -0.566. The Bertz CT molecular complexity index is 698. The van der Waals surface area contributed by atoms with Crippen molar-refractivity contribution in [2.75, 3.05) is 13.1 Å². The van der Waals surface area contributed by atoms with E-state index in [0.29, 0.717) is 30.8 Å². The molecule has 1 aromatic heterocycles. The van der Waals surface area contributed by atoms with Gasteiger partial charge in [0.25, 0.3) is 0 Å². The molecule has 1 atom stereocenters. The molecule has 2 heterocycles. The van der Waals surface area contributed by atoms with E-state index in [4.69, 9.17) is 9.52 Å². The van der Waals surface area contributed by atoms with Crippen LogP contribution in [-0.4, -0.2) is 29.1 Å². The molecule has 1 aliphatic heterocycles. The minimum atomic E-state index is -1.35. The van der Waals surface area contributed by atoms with Crippen molar-refractivity contribution in [3.8, 4) is 0 Å². The number of aromatic carboxylic acids is 1. The molecule has 0 amide bonds. The molecule has 0 saturated carbocycles. The number of nitrogens with zero attached hydrogens (tertiary/aromatic N) is 1. The number of aryl methyl sites for hydroxylation is 1. The number of halogens is 1. The van der Waals surface area contributed by atoms with E-state index in [1.54, 1.807) is 6.92 Å². The molecule has 2 aromatic rings. The Labute approximate surface area is 134 Å². The Kier molecular flexibility index (Phi) is 4.22. The van der Waals surface area contributed by atoms with Crippen molar-refractivity contribution in [3.63, 3.8) is 0 Å². The van der Waals surface area contributed by atoms with Gasteiger partial charge >= 0.3 is 5.97 Å². The lowest BCUT2D eigenvalue weighted by Crippen LogP contribution is -2.43. The third kappa shape index (κ3) is 3.29. The summed E-state index contributed by atoms with van der Waals surface area (Å²) in [6.45, 7) is 3.35. The predicted octanol–water partition coefficient (Wildman–Crippen LogP) is 3.75. The molecular formula is C18H20FNO3. The highest BCUT2D eigenvalue weighted by Crippen LogP contribution is 2.36. The molecule has 0 spiro atoms. The molecule has 1 aromatic carbocycles. The summed E-state index contributed by atoms with van der Waals surface area (Å²) in [6, 6.07) is 10.8. The number of alkyl halides is 1. The minimum absolute atomic E-state index is 0.0657. The van der Waals surface area contributed by atoms with Gasteiger partial charge in [0.1, 0.15) is 11.4 Å². The molecule has 1 saturated heterocycles. The van der Waals surface area contributed by atoms with E-state index >= 15 is 4.39 Å². The quantitative estimate of drug-likeness (QED) is 0.933. The standard InChI is InChI=1S/C18H20FNO3/c1-13-14(10-16(23-13)17(21)22)11-20-9-5-8-18(19,12-20)15-6-3-2-4-7-15/h2-4,6-7,10H,5,8-9,11-12H2,1H3,(H,21,22). The van der Waals surface area contributed by atoms with E-state index in [2.05, 4.69) is 0 Å². The van der Waals surface area contributed by atoms with Crippen molar-refractivity contribution in [3.05, 3.63) is 59.0 Å². The van der Waals surface area contributed by atoms with Gasteiger partial charge in [-0.3, -0.25) is 4.90 Å². The Morgan fingerprint density at radius 1 is 1.39 bits per heavy atom. The fraction of sp³-hybridized carbons (Fsp3) is 0.389. The summed E-state index contributed by atoms with van der Waals surface area (Å²) < 4.78 is 20.6. The first-order valence-electron chi connectivity index (χ1n) is 7.77. The van der Waals surface area contributed by atoms with Crippen LogP contribution in [-0.2, 0) is 12.2 Å². The first kappa shape index (κ1) is 15.7. The number of furan rings is 1. The third-order valence-electron chi connectivity index (χ3n) is 4.44. The van der Waals surface area contributed by atoms with Gasteiger partial charge in [0.05, 0.1) is 0 Å². The molecule has 1 N–H and O–H groups in total. The number of likely N-dealkylation sites (tertiary alicyclic amines) is 1. The molecule has 0 radical (unpaired) electrons. The summed E-state index contributed by atoms with van der Waals surface area (Å²) >= 11 is 0. The van der Waals surface area contributed by atoms with Crippen LogP contribution in [0.25, 0.3) is 0 Å². The summed E-state index contributed by atoms with van der Waals surface area (Å²) in [4.78, 5) is 13.0. The number of hydrogen-bond acceptors (Lipinski definition) is 3. The zero-order chi connectivity index (χ0) is 16.4. The Morgan fingerprint density at radius 3 is 2.78 bits per heavy atom. The highest BCUT2D eigenvalue weighted by Gasteiger charge is 2.37. The third-order valence-corrected chi connectivity index (χ3v) is 4.44. The highest BCUT2D eigenvalue weighted by atomic mass is 19.1. The molecule has 3 rings (SSSR count). The largest absolute Gasteiger partial charge is 0.475 e. The van der Waals surface area contributed by atoms with Crippen molar-refractivity contribution in [2.45, 2.75) is 32.0 Å². The summed E-state index contributed by atoms with van der Waals surface area (Å²) in [7, 11) is 0. The van der Waals surface area contributed by atoms with E-state index in [1.807, 2.05) is 35.2 Å². The zero-order valence-electron chi connectivity index (χ0n) is 13.1. The number of carboxylic acids is 1. The second-order valence-corrected chi connectivity index (χ2v) is 6.14. The molecule has 1 fully saturated rings. The fourth-order valence-electron chi connectivity index (χ4n) is 3.23. The highest BCUT2D eigenvalue weighted by molar-refractivity contribution is 5.84. The molecule has 122 valence electrons. The lowest BCUT2D eigenvalue weighted by Gasteiger charge is -2.37. The van der Waals surface area contributed by atoms with Gasteiger partial charge in [-0.05, 0) is 37.9 Å². The van der Waals surface area contributed by atoms with Crippen molar-refractivity contribution in [1.82, 2.24) is 4.90 Å². The second-order valence-electron chi connectivity index (χ2n) is 6.14. The van der Waals surface area contributed by atoms with Crippen molar-refractivity contribution in [2.24, 2.45) is 0 Å². The molecule has 23 heavy (non-hydrogen) atoms. The van der Waals surface area contributed by atoms with Gasteiger partial charge in [0, 0.05) is 18.7 Å². The smallest absolute Gasteiger partial charge is 0.371 e. The van der Waals surface area contributed by atoms with Crippen molar-refractivity contribution >= 4 is 5.97 Å². The maximum absolute atomic E-state index is 15.3. The fourth-order valence-corrected chi connectivity index (χ4v) is 3.23. The van der Waals surface area contributed by atoms with Crippen LogP contribution < -0.4 is 0 Å². The molecule has 1 aliphatic rings. The summed E-state index contributed by atoms with van der Waals surface area (Å²) in [5.41, 5.74) is 0.159. The van der Waals surface area contributed by atoms with Gasteiger partial charge < -0.3 is 9.52 Å². The molecule has 0 aliphatic carbocycles. The van der Waals surface area contributed by atoms with E-state index in [1.165, 1.54) is 6.07 Å². The molecule has 1 unspecified atom stereocenters. The number of carboxylic acid groups (broad SMARTS) is 1. The monoisotopic (exact) mass is 317 g/mol. The predicted molar refractivity (Wildman–Crippen MR) is 84.1 cm³/mol. The number of hydrogen-bond donors (Lipinski definition) is 1. The Hall–Kier alpha value is -2.14. The molecule has 5 heteroatoms. The van der Waals surface area contributed by atoms with Gasteiger partial charge in [-0.25, -0.2) is 9.18 Å². The lowest BCUT2D eigenvalue weighted by molar-refractivity contribution is 0.0382. The Balaban J connectivity index is 1.76. The van der Waals surface area contributed by atoms with Crippen LogP contribution in [0.3, 0.4) is 0 Å². The van der Waals surface area contributed by atoms with Crippen LogP contribution in [0.1, 0.15) is 40.3 Å². The summed E-state index contributed by atoms with van der Waals surface area (Å²) in [6.07, 6.45) is 1.28. The van der Waals surface area contributed by atoms with Crippen molar-refractivity contribution in [1.29, 1.82) is 0 Å². The molecule has 4 nitrogen and oxygen atoms in total. The first-order valence-corrected chi connectivity index (χ1v) is 7.77. The van der Waals surface area contributed by atoms with E-state index < -0.39 is 11.6 Å². The van der Waals surface area contributed by atoms with Crippen LogP contribution in [0.15, 0.2) is 40.8 Å². The normalized spacial score (nSPS) is 22.2. The van der Waals surface area contributed by atoms with Crippen molar-refractivity contribution < 1.29 is 18.7 Å². The average Bonchev–Trinajstić information content (AvgIpc) is 2.90. The number of benzene rings is 1. The van der Waals surface area contributed by atoms with Crippen LogP contribution in [0.5, 0.6) is 0 Å². The van der Waals surface area contributed by atoms with Crippen LogP contribution in [0.2, 0.25) is 0 Å². The van der Waals surface area contributed by atoms with Gasteiger partial charge in [-0.15, -0.1) is 0 Å². The van der Waals surface area contributed by atoms with Gasteiger partial charge in [0.2, 0.25) is 5.76 Å².